The molecule has 106 valence electrons. The first kappa shape index (κ1) is 13.3. The van der Waals surface area contributed by atoms with Gasteiger partial charge in [0, 0.05) is 29.0 Å². The lowest BCUT2D eigenvalue weighted by atomic mass is 10.1. The average Bonchev–Trinajstić information content (AvgIpc) is 2.91. The van der Waals surface area contributed by atoms with Gasteiger partial charge in [-0.05, 0) is 48.9 Å². The van der Waals surface area contributed by atoms with E-state index in [0.717, 1.165) is 28.6 Å². The summed E-state index contributed by atoms with van der Waals surface area (Å²) >= 11 is 0. The number of aromatic amines is 1. The number of pyridine rings is 1. The highest BCUT2D eigenvalue weighted by atomic mass is 16.1. The van der Waals surface area contributed by atoms with Crippen molar-refractivity contribution in [2.75, 3.05) is 11.9 Å². The number of fused-ring (bicyclic) bond motifs is 1. The molecule has 0 aliphatic rings. The van der Waals surface area contributed by atoms with Crippen LogP contribution in [0.4, 0.5) is 5.69 Å². The number of hydrogen-bond donors (Lipinski definition) is 3. The number of carbonyl (C=O) groups excluding carboxylic acids is 1. The topological polar surface area (TPSA) is 83.8 Å². The maximum absolute atomic E-state index is 12.1. The van der Waals surface area contributed by atoms with Crippen molar-refractivity contribution in [1.29, 1.82) is 0 Å². The second kappa shape index (κ2) is 5.76. The van der Waals surface area contributed by atoms with Crippen molar-refractivity contribution in [2.24, 2.45) is 5.73 Å². The first-order chi connectivity index (χ1) is 10.3. The van der Waals surface area contributed by atoms with Crippen LogP contribution in [0.3, 0.4) is 0 Å². The summed E-state index contributed by atoms with van der Waals surface area (Å²) in [6.45, 7) is 0.595. The average molecular weight is 280 g/mol. The second-order valence-electron chi connectivity index (χ2n) is 4.78. The minimum Gasteiger partial charge on any atom is -0.361 e. The molecule has 2 heterocycles. The Bertz CT molecular complexity index is 764. The summed E-state index contributed by atoms with van der Waals surface area (Å²) in [6, 6.07) is 11.0. The first-order valence-corrected chi connectivity index (χ1v) is 6.80. The molecule has 0 spiro atoms. The highest BCUT2D eigenvalue weighted by Crippen LogP contribution is 2.23. The smallest absolute Gasteiger partial charge is 0.274 e. The van der Waals surface area contributed by atoms with E-state index in [0.29, 0.717) is 12.2 Å². The van der Waals surface area contributed by atoms with E-state index < -0.39 is 0 Å². The number of H-pyrrole nitrogens is 1. The van der Waals surface area contributed by atoms with Crippen LogP contribution in [-0.2, 0) is 6.42 Å². The number of nitrogens with two attached hydrogens (primary N) is 1. The summed E-state index contributed by atoms with van der Waals surface area (Å²) in [5.74, 6) is -0.217. The second-order valence-corrected chi connectivity index (χ2v) is 4.78. The Kier molecular flexibility index (Phi) is 3.66. The minimum absolute atomic E-state index is 0.217. The molecule has 1 aromatic carbocycles. The quantitative estimate of drug-likeness (QED) is 0.685. The molecule has 5 heteroatoms. The van der Waals surface area contributed by atoms with Crippen LogP contribution in [0.2, 0.25) is 0 Å². The van der Waals surface area contributed by atoms with E-state index in [2.05, 4.69) is 15.3 Å². The summed E-state index contributed by atoms with van der Waals surface area (Å²) in [6.07, 6.45) is 4.36. The van der Waals surface area contributed by atoms with Gasteiger partial charge in [-0.3, -0.25) is 9.78 Å². The molecule has 0 bridgehead atoms. The summed E-state index contributed by atoms with van der Waals surface area (Å²) in [5.41, 5.74) is 8.95. The molecule has 0 aliphatic carbocycles. The molecule has 3 aromatic rings. The molecular formula is C16H16N4O. The zero-order valence-electron chi connectivity index (χ0n) is 11.5. The van der Waals surface area contributed by atoms with Crippen molar-refractivity contribution in [3.63, 3.8) is 0 Å². The van der Waals surface area contributed by atoms with Crippen LogP contribution in [0, 0.1) is 0 Å². The van der Waals surface area contributed by atoms with Gasteiger partial charge in [0.05, 0.1) is 0 Å². The van der Waals surface area contributed by atoms with Gasteiger partial charge in [0.15, 0.2) is 0 Å². The van der Waals surface area contributed by atoms with Gasteiger partial charge in [-0.1, -0.05) is 6.07 Å². The molecule has 2 aromatic heterocycles. The number of benzene rings is 1. The molecule has 0 atom stereocenters. The Hall–Kier alpha value is -2.66. The summed E-state index contributed by atoms with van der Waals surface area (Å²) in [7, 11) is 0. The van der Waals surface area contributed by atoms with E-state index in [4.69, 9.17) is 5.73 Å². The summed E-state index contributed by atoms with van der Waals surface area (Å²) in [5, 5.41) is 3.95. The molecule has 0 radical (unpaired) electrons. The zero-order valence-corrected chi connectivity index (χ0v) is 11.5. The standard InChI is InChI=1S/C16H16N4O/c17-7-6-11-10-19-14-5-4-12(9-13(11)14)20-16(21)15-3-1-2-8-18-15/h1-5,8-10,19H,6-7,17H2,(H,20,21). The van der Waals surface area contributed by atoms with Crippen LogP contribution in [0.25, 0.3) is 10.9 Å². The van der Waals surface area contributed by atoms with E-state index in [1.807, 2.05) is 24.4 Å². The van der Waals surface area contributed by atoms with E-state index in [1.165, 1.54) is 0 Å². The number of nitrogens with zero attached hydrogens (tertiary/aromatic N) is 1. The van der Waals surface area contributed by atoms with Gasteiger partial charge >= 0.3 is 0 Å². The highest BCUT2D eigenvalue weighted by Gasteiger charge is 2.09. The summed E-state index contributed by atoms with van der Waals surface area (Å²) in [4.78, 5) is 19.3. The third kappa shape index (κ3) is 2.78. The monoisotopic (exact) mass is 280 g/mol. The maximum Gasteiger partial charge on any atom is 0.274 e. The van der Waals surface area contributed by atoms with Crippen molar-refractivity contribution in [3.8, 4) is 0 Å². The van der Waals surface area contributed by atoms with E-state index in [-0.39, 0.29) is 5.91 Å². The summed E-state index contributed by atoms with van der Waals surface area (Å²) < 4.78 is 0. The fraction of sp³-hybridized carbons (Fsp3) is 0.125. The van der Waals surface area contributed by atoms with Crippen molar-refractivity contribution < 1.29 is 4.79 Å². The van der Waals surface area contributed by atoms with Gasteiger partial charge in [-0.15, -0.1) is 0 Å². The van der Waals surface area contributed by atoms with E-state index in [1.54, 1.807) is 24.4 Å². The van der Waals surface area contributed by atoms with Crippen LogP contribution < -0.4 is 11.1 Å². The lowest BCUT2D eigenvalue weighted by Crippen LogP contribution is -2.13. The molecule has 0 saturated carbocycles. The first-order valence-electron chi connectivity index (χ1n) is 6.80. The van der Waals surface area contributed by atoms with Gasteiger partial charge in [-0.2, -0.15) is 0 Å². The van der Waals surface area contributed by atoms with Crippen LogP contribution in [0.15, 0.2) is 48.8 Å². The fourth-order valence-corrected chi connectivity index (χ4v) is 2.31. The number of aromatic nitrogens is 2. The Morgan fingerprint density at radius 3 is 2.95 bits per heavy atom. The number of nitrogens with one attached hydrogen (secondary N) is 2. The van der Waals surface area contributed by atoms with Gasteiger partial charge in [0.2, 0.25) is 0 Å². The Labute approximate surface area is 122 Å². The van der Waals surface area contributed by atoms with Crippen molar-refractivity contribution >= 4 is 22.5 Å². The van der Waals surface area contributed by atoms with E-state index >= 15 is 0 Å². The third-order valence-electron chi connectivity index (χ3n) is 3.34. The lowest BCUT2D eigenvalue weighted by molar-refractivity contribution is 0.102. The van der Waals surface area contributed by atoms with Crippen LogP contribution in [-0.4, -0.2) is 22.4 Å². The largest absolute Gasteiger partial charge is 0.361 e. The molecule has 0 saturated heterocycles. The molecule has 0 aliphatic heterocycles. The van der Waals surface area contributed by atoms with Gasteiger partial charge in [0.1, 0.15) is 5.69 Å². The number of rotatable bonds is 4. The molecule has 0 fully saturated rings. The predicted octanol–water partition coefficient (Wildman–Crippen LogP) is 2.32. The number of amides is 1. The molecule has 21 heavy (non-hydrogen) atoms. The molecule has 4 N–H and O–H groups in total. The molecular weight excluding hydrogens is 264 g/mol. The Morgan fingerprint density at radius 2 is 2.19 bits per heavy atom. The number of hydrogen-bond acceptors (Lipinski definition) is 3. The normalized spacial score (nSPS) is 10.7. The van der Waals surface area contributed by atoms with Crippen molar-refractivity contribution in [3.05, 3.63) is 60.0 Å². The van der Waals surface area contributed by atoms with Crippen molar-refractivity contribution in [2.45, 2.75) is 6.42 Å². The lowest BCUT2D eigenvalue weighted by Gasteiger charge is -2.05. The number of anilines is 1. The van der Waals surface area contributed by atoms with Gasteiger partial charge < -0.3 is 16.0 Å². The van der Waals surface area contributed by atoms with Crippen LogP contribution in [0.5, 0.6) is 0 Å². The van der Waals surface area contributed by atoms with Crippen molar-refractivity contribution in [1.82, 2.24) is 9.97 Å². The predicted molar refractivity (Wildman–Crippen MR) is 83.2 cm³/mol. The van der Waals surface area contributed by atoms with Gasteiger partial charge in [-0.25, -0.2) is 0 Å². The third-order valence-corrected chi connectivity index (χ3v) is 3.34. The Balaban J connectivity index is 1.87. The SMILES string of the molecule is NCCc1c[nH]c2ccc(NC(=O)c3ccccn3)cc12. The van der Waals surface area contributed by atoms with E-state index in [9.17, 15) is 4.79 Å². The number of carbonyl (C=O) groups is 1. The molecule has 3 rings (SSSR count). The maximum atomic E-state index is 12.1. The van der Waals surface area contributed by atoms with Crippen LogP contribution >= 0.6 is 0 Å². The molecule has 1 amide bonds. The highest BCUT2D eigenvalue weighted by molar-refractivity contribution is 6.03. The fourth-order valence-electron chi connectivity index (χ4n) is 2.31. The molecule has 5 nitrogen and oxygen atoms in total. The minimum atomic E-state index is -0.217. The molecule has 0 unspecified atom stereocenters. The van der Waals surface area contributed by atoms with Gasteiger partial charge in [0.25, 0.3) is 5.91 Å². The Morgan fingerprint density at radius 1 is 1.29 bits per heavy atom. The zero-order chi connectivity index (χ0) is 14.7. The van der Waals surface area contributed by atoms with Crippen LogP contribution in [0.1, 0.15) is 16.1 Å².